The fourth-order valence-corrected chi connectivity index (χ4v) is 4.79. The van der Waals surface area contributed by atoms with Gasteiger partial charge in [-0.3, -0.25) is 0 Å². The highest BCUT2D eigenvalue weighted by Crippen LogP contribution is 2.12. The summed E-state index contributed by atoms with van der Waals surface area (Å²) in [6, 6.07) is 15.1. The summed E-state index contributed by atoms with van der Waals surface area (Å²) >= 11 is 0. The summed E-state index contributed by atoms with van der Waals surface area (Å²) in [6.07, 6.45) is 13.8. The van der Waals surface area contributed by atoms with Crippen LogP contribution in [0.5, 0.6) is 0 Å². The second-order valence-corrected chi connectivity index (χ2v) is 11.9. The van der Waals surface area contributed by atoms with E-state index in [1.165, 1.54) is 69.3 Å². The van der Waals surface area contributed by atoms with Crippen molar-refractivity contribution in [3.8, 4) is 11.8 Å². The molecule has 47 heavy (non-hydrogen) atoms. The van der Waals surface area contributed by atoms with Crippen LogP contribution in [0.4, 0.5) is 0 Å². The van der Waals surface area contributed by atoms with E-state index < -0.39 is 38.4 Å². The van der Waals surface area contributed by atoms with E-state index in [0.29, 0.717) is 0 Å². The molecule has 4 atom stereocenters. The summed E-state index contributed by atoms with van der Waals surface area (Å²) in [5, 5.41) is 62.3. The lowest BCUT2D eigenvalue weighted by molar-refractivity contribution is 0.133. The van der Waals surface area contributed by atoms with E-state index in [4.69, 9.17) is 0 Å². The predicted octanol–water partition coefficient (Wildman–Crippen LogP) is 4.46. The Morgan fingerprint density at radius 1 is 0.702 bits per heavy atom. The van der Waals surface area contributed by atoms with Crippen LogP contribution in [0.1, 0.15) is 94.9 Å². The van der Waals surface area contributed by atoms with Crippen molar-refractivity contribution in [2.75, 3.05) is 13.2 Å². The zero-order chi connectivity index (χ0) is 34.2. The van der Waals surface area contributed by atoms with Gasteiger partial charge >= 0.3 is 14.1 Å². The molecule has 2 aromatic rings. The standard InChI is InChI=1S/C18H30BNO3.C18H28BNO3.CH4/c2*1-3-4-5-6-7-15-8-10-16(11-9-15)12-13-18(22)17(14-21)20-19(2)23;/h8-13,17-18,20-23H,3-7,14H2,1-2H3;8-11,17-18,20-23H,3-7,14H2,1-2H3;1H4/b13-12+;;/t2*17-,18+;/m11./s1. The van der Waals surface area contributed by atoms with Crippen molar-refractivity contribution in [3.63, 3.8) is 0 Å². The summed E-state index contributed by atoms with van der Waals surface area (Å²) < 4.78 is 0. The van der Waals surface area contributed by atoms with E-state index in [1.54, 1.807) is 12.9 Å². The summed E-state index contributed by atoms with van der Waals surface area (Å²) in [4.78, 5) is 0. The molecular weight excluding hydrogens is 590 g/mol. The minimum absolute atomic E-state index is 0. The van der Waals surface area contributed by atoms with Crippen molar-refractivity contribution in [2.24, 2.45) is 0 Å². The zero-order valence-electron chi connectivity index (χ0n) is 28.4. The first-order valence-electron chi connectivity index (χ1n) is 17.0. The van der Waals surface area contributed by atoms with Crippen molar-refractivity contribution in [1.82, 2.24) is 10.5 Å². The SMILES string of the molecule is C.CCCCCCc1ccc(/C=C/[C@H](O)[C@@H](CO)NB(C)O)cc1.CCCCCCc1ccc(C#C[C@H](O)[C@@H](CO)NB(C)O)cc1. The molecule has 0 heterocycles. The van der Waals surface area contributed by atoms with Gasteiger partial charge in [0, 0.05) is 5.56 Å². The average molecular weight is 653 g/mol. The molecule has 8 N–H and O–H groups in total. The molecule has 2 rings (SSSR count). The third-order valence-electron chi connectivity index (χ3n) is 7.52. The highest BCUT2D eigenvalue weighted by Gasteiger charge is 2.19. The normalized spacial score (nSPS) is 13.3. The molecule has 0 aliphatic rings. The second kappa shape index (κ2) is 27.5. The molecule has 8 nitrogen and oxygen atoms in total. The molecule has 0 aliphatic heterocycles. The lowest BCUT2D eigenvalue weighted by Gasteiger charge is -2.20. The molecule has 0 saturated heterocycles. The number of aliphatic hydroxyl groups is 4. The molecule has 0 saturated carbocycles. The Kier molecular flexibility index (Phi) is 26.1. The number of hydrogen-bond donors (Lipinski definition) is 8. The smallest absolute Gasteiger partial charge is 0.374 e. The van der Waals surface area contributed by atoms with E-state index in [2.05, 4.69) is 60.4 Å². The molecule has 0 amide bonds. The number of nitrogens with one attached hydrogen (secondary N) is 2. The number of benzene rings is 2. The van der Waals surface area contributed by atoms with Gasteiger partial charge in [0.05, 0.1) is 31.4 Å². The molecule has 262 valence electrons. The molecule has 0 fully saturated rings. The Balaban J connectivity index is 0.000000882. The molecular formula is C37H62B2N2O6. The van der Waals surface area contributed by atoms with Crippen LogP contribution >= 0.6 is 0 Å². The highest BCUT2D eigenvalue weighted by molar-refractivity contribution is 6.45. The monoisotopic (exact) mass is 652 g/mol. The van der Waals surface area contributed by atoms with E-state index in [-0.39, 0.29) is 20.6 Å². The fourth-order valence-electron chi connectivity index (χ4n) is 4.79. The van der Waals surface area contributed by atoms with Crippen LogP contribution in [0.3, 0.4) is 0 Å². The Morgan fingerprint density at radius 3 is 1.62 bits per heavy atom. The van der Waals surface area contributed by atoms with Gasteiger partial charge in [-0.2, -0.15) is 0 Å². The molecule has 0 bridgehead atoms. The van der Waals surface area contributed by atoms with E-state index in [1.807, 2.05) is 30.3 Å². The maximum absolute atomic E-state index is 10.0. The summed E-state index contributed by atoms with van der Waals surface area (Å²) in [7, 11) is -1.59. The van der Waals surface area contributed by atoms with E-state index in [0.717, 1.165) is 24.0 Å². The van der Waals surface area contributed by atoms with Crippen molar-refractivity contribution < 1.29 is 30.5 Å². The lowest BCUT2D eigenvalue weighted by Crippen LogP contribution is -2.48. The van der Waals surface area contributed by atoms with Crippen molar-refractivity contribution >= 4 is 20.2 Å². The first-order chi connectivity index (χ1) is 22.1. The second-order valence-electron chi connectivity index (χ2n) is 11.9. The van der Waals surface area contributed by atoms with Crippen molar-refractivity contribution in [2.45, 2.75) is 123 Å². The van der Waals surface area contributed by atoms with Gasteiger partial charge in [-0.25, -0.2) is 0 Å². The summed E-state index contributed by atoms with van der Waals surface area (Å²) in [5.41, 5.74) is 4.48. The zero-order valence-corrected chi connectivity index (χ0v) is 28.4. The topological polar surface area (TPSA) is 145 Å². The van der Waals surface area contributed by atoms with Gasteiger partial charge in [0.1, 0.15) is 6.10 Å². The first-order valence-corrected chi connectivity index (χ1v) is 17.0. The van der Waals surface area contributed by atoms with Gasteiger partial charge in [-0.15, -0.1) is 0 Å². The molecule has 2 aromatic carbocycles. The number of aryl methyl sites for hydroxylation is 2. The molecule has 0 spiro atoms. The van der Waals surface area contributed by atoms with Crippen LogP contribution in [-0.2, 0) is 12.8 Å². The third-order valence-corrected chi connectivity index (χ3v) is 7.52. The quantitative estimate of drug-likeness (QED) is 0.0595. The summed E-state index contributed by atoms with van der Waals surface area (Å²) in [5.74, 6) is 5.61. The predicted molar refractivity (Wildman–Crippen MR) is 199 cm³/mol. The fraction of sp³-hybridized carbons (Fsp3) is 0.568. The van der Waals surface area contributed by atoms with Crippen LogP contribution < -0.4 is 10.5 Å². The largest absolute Gasteiger partial charge is 0.437 e. The van der Waals surface area contributed by atoms with Crippen LogP contribution in [0.2, 0.25) is 13.6 Å². The van der Waals surface area contributed by atoms with Crippen LogP contribution in [-0.4, -0.2) is 82.1 Å². The van der Waals surface area contributed by atoms with Gasteiger partial charge in [-0.1, -0.05) is 120 Å². The number of hydrogen-bond acceptors (Lipinski definition) is 8. The van der Waals surface area contributed by atoms with Gasteiger partial charge in [-0.05, 0) is 68.2 Å². The molecule has 0 radical (unpaired) electrons. The Bertz CT molecular complexity index is 1120. The first kappa shape index (κ1) is 44.5. The molecule has 0 aromatic heterocycles. The average Bonchev–Trinajstić information content (AvgIpc) is 3.05. The third kappa shape index (κ3) is 21.2. The maximum Gasteiger partial charge on any atom is 0.374 e. The Morgan fingerprint density at radius 2 is 1.17 bits per heavy atom. The Hall–Kier alpha value is -2.45. The van der Waals surface area contributed by atoms with Gasteiger partial charge < -0.3 is 40.9 Å². The van der Waals surface area contributed by atoms with E-state index in [9.17, 15) is 30.5 Å². The van der Waals surface area contributed by atoms with Crippen LogP contribution in [0, 0.1) is 11.8 Å². The number of rotatable bonds is 20. The molecule has 0 aliphatic carbocycles. The van der Waals surface area contributed by atoms with Gasteiger partial charge in [0.15, 0.2) is 0 Å². The van der Waals surface area contributed by atoms with Crippen molar-refractivity contribution in [1.29, 1.82) is 0 Å². The number of unbranched alkanes of at least 4 members (excludes halogenated alkanes) is 6. The van der Waals surface area contributed by atoms with Crippen molar-refractivity contribution in [3.05, 3.63) is 76.9 Å². The Labute approximate surface area is 286 Å². The maximum atomic E-state index is 10.0. The van der Waals surface area contributed by atoms with Gasteiger partial charge in [0.25, 0.3) is 0 Å². The van der Waals surface area contributed by atoms with Crippen LogP contribution in [0.25, 0.3) is 6.08 Å². The minimum Gasteiger partial charge on any atom is -0.437 e. The van der Waals surface area contributed by atoms with Crippen LogP contribution in [0.15, 0.2) is 54.6 Å². The summed E-state index contributed by atoms with van der Waals surface area (Å²) in [6.45, 7) is 6.97. The van der Waals surface area contributed by atoms with E-state index >= 15 is 0 Å². The molecule has 0 unspecified atom stereocenters. The highest BCUT2D eigenvalue weighted by atomic mass is 16.3. The van der Waals surface area contributed by atoms with Gasteiger partial charge in [0.2, 0.25) is 0 Å². The lowest BCUT2D eigenvalue weighted by atomic mass is 9.86. The molecule has 10 heteroatoms. The minimum atomic E-state index is -1.04. The number of aliphatic hydroxyl groups excluding tert-OH is 4.